The first-order valence-corrected chi connectivity index (χ1v) is 7.58. The molecule has 2 aromatic rings. The summed E-state index contributed by atoms with van der Waals surface area (Å²) in [4.78, 5) is 13.1. The van der Waals surface area contributed by atoms with Crippen LogP contribution in [0.1, 0.15) is 22.3 Å². The molecular formula is C11H10Br2N2O2S. The number of rotatable bonds is 4. The van der Waals surface area contributed by atoms with E-state index < -0.39 is 0 Å². The van der Waals surface area contributed by atoms with Gasteiger partial charge in [-0.05, 0) is 44.8 Å². The molecule has 4 nitrogen and oxygen atoms in total. The van der Waals surface area contributed by atoms with Gasteiger partial charge in [0.15, 0.2) is 11.4 Å². The summed E-state index contributed by atoms with van der Waals surface area (Å²) in [7, 11) is 1.54. The summed E-state index contributed by atoms with van der Waals surface area (Å²) < 4.78 is 8.59. The van der Waals surface area contributed by atoms with Gasteiger partial charge >= 0.3 is 0 Å². The molecule has 0 saturated heterocycles. The van der Waals surface area contributed by atoms with Gasteiger partial charge in [0.05, 0.1) is 22.0 Å². The van der Waals surface area contributed by atoms with Gasteiger partial charge in [0.25, 0.3) is 0 Å². The summed E-state index contributed by atoms with van der Waals surface area (Å²) in [5.74, 6) is 0.421. The molecular weight excluding hydrogens is 384 g/mol. The van der Waals surface area contributed by atoms with Gasteiger partial charge in [-0.3, -0.25) is 9.48 Å². The number of methoxy groups -OCH3 is 1. The van der Waals surface area contributed by atoms with Crippen LogP contribution in [0.3, 0.4) is 0 Å². The van der Waals surface area contributed by atoms with Crippen molar-refractivity contribution >= 4 is 49.0 Å². The second-order valence-electron chi connectivity index (χ2n) is 3.44. The Morgan fingerprint density at radius 1 is 1.56 bits per heavy atom. The normalized spacial score (nSPS) is 10.7. The van der Waals surface area contributed by atoms with E-state index in [1.165, 1.54) is 18.4 Å². The highest BCUT2D eigenvalue weighted by atomic mass is 79.9. The summed E-state index contributed by atoms with van der Waals surface area (Å²) >= 11 is 8.14. The number of thiophene rings is 1. The van der Waals surface area contributed by atoms with Crippen LogP contribution in [0.4, 0.5) is 0 Å². The maximum Gasteiger partial charge on any atom is 0.224 e. The van der Waals surface area contributed by atoms with Crippen LogP contribution in [0.15, 0.2) is 20.5 Å². The minimum absolute atomic E-state index is 0.0809. The van der Waals surface area contributed by atoms with Crippen molar-refractivity contribution in [1.29, 1.82) is 0 Å². The first-order chi connectivity index (χ1) is 8.58. The van der Waals surface area contributed by atoms with Gasteiger partial charge in [0, 0.05) is 11.0 Å². The number of carbonyl (C=O) groups is 1. The zero-order chi connectivity index (χ0) is 13.3. The van der Waals surface area contributed by atoms with Crippen molar-refractivity contribution in [3.8, 4) is 5.75 Å². The monoisotopic (exact) mass is 392 g/mol. The molecule has 96 valence electrons. The van der Waals surface area contributed by atoms with Gasteiger partial charge < -0.3 is 4.74 Å². The predicted molar refractivity (Wildman–Crippen MR) is 77.6 cm³/mol. The van der Waals surface area contributed by atoms with E-state index in [1.807, 2.05) is 6.92 Å². The highest BCUT2D eigenvalue weighted by Gasteiger charge is 2.22. The van der Waals surface area contributed by atoms with Gasteiger partial charge in [0.1, 0.15) is 0 Å². The molecule has 0 unspecified atom stereocenters. The molecule has 2 aromatic heterocycles. The number of ketones is 1. The topological polar surface area (TPSA) is 44.1 Å². The van der Waals surface area contributed by atoms with E-state index in [9.17, 15) is 4.79 Å². The standard InChI is InChI=1S/C11H10Br2N2O2S/c1-3-15-9(7(17-2)5-14-15)10(16)8-4-6(12)11(13)18-8/h4-5H,3H2,1-2H3. The van der Waals surface area contributed by atoms with Crippen LogP contribution in [-0.4, -0.2) is 22.7 Å². The predicted octanol–water partition coefficient (Wildman–Crippen LogP) is 3.73. The highest BCUT2D eigenvalue weighted by molar-refractivity contribution is 9.13. The van der Waals surface area contributed by atoms with Crippen molar-refractivity contribution in [2.75, 3.05) is 7.11 Å². The van der Waals surface area contributed by atoms with Gasteiger partial charge in [-0.15, -0.1) is 11.3 Å². The fourth-order valence-electron chi connectivity index (χ4n) is 1.56. The zero-order valence-corrected chi connectivity index (χ0v) is 13.7. The van der Waals surface area contributed by atoms with E-state index in [1.54, 1.807) is 16.9 Å². The molecule has 2 rings (SSSR count). The number of hydrogen-bond acceptors (Lipinski definition) is 4. The van der Waals surface area contributed by atoms with Crippen LogP contribution in [0, 0.1) is 0 Å². The highest BCUT2D eigenvalue weighted by Crippen LogP contribution is 2.34. The molecule has 7 heteroatoms. The SMILES string of the molecule is CCn1ncc(OC)c1C(=O)c1cc(Br)c(Br)s1. The Bertz CT molecular complexity index is 551. The van der Waals surface area contributed by atoms with Crippen molar-refractivity contribution in [1.82, 2.24) is 9.78 Å². The molecule has 0 atom stereocenters. The van der Waals surface area contributed by atoms with Gasteiger partial charge in [-0.25, -0.2) is 0 Å². The largest absolute Gasteiger partial charge is 0.493 e. The third kappa shape index (κ3) is 2.39. The lowest BCUT2D eigenvalue weighted by Crippen LogP contribution is -2.10. The Morgan fingerprint density at radius 2 is 2.28 bits per heavy atom. The van der Waals surface area contributed by atoms with E-state index >= 15 is 0 Å². The molecule has 0 aliphatic carbocycles. The Hall–Kier alpha value is -0.660. The summed E-state index contributed by atoms with van der Waals surface area (Å²) in [6.45, 7) is 2.56. The summed E-state index contributed by atoms with van der Waals surface area (Å²) in [5.41, 5.74) is 0.487. The number of ether oxygens (including phenoxy) is 1. The first-order valence-electron chi connectivity index (χ1n) is 5.17. The number of hydrogen-bond donors (Lipinski definition) is 0. The molecule has 0 amide bonds. The number of aromatic nitrogens is 2. The maximum absolute atomic E-state index is 12.5. The molecule has 2 heterocycles. The molecule has 0 bridgehead atoms. The number of halogens is 2. The fraction of sp³-hybridized carbons (Fsp3) is 0.273. The third-order valence-corrected chi connectivity index (χ3v) is 5.66. The minimum Gasteiger partial charge on any atom is -0.493 e. The van der Waals surface area contributed by atoms with Crippen LogP contribution in [0.25, 0.3) is 0 Å². The van der Waals surface area contributed by atoms with E-state index in [0.717, 1.165) is 8.26 Å². The van der Waals surface area contributed by atoms with E-state index in [0.29, 0.717) is 22.9 Å². The third-order valence-electron chi connectivity index (χ3n) is 2.41. The number of carbonyl (C=O) groups excluding carboxylic acids is 1. The van der Waals surface area contributed by atoms with Crippen LogP contribution in [-0.2, 0) is 6.54 Å². The van der Waals surface area contributed by atoms with Crippen molar-refractivity contribution in [2.24, 2.45) is 0 Å². The molecule has 0 saturated carbocycles. The lowest BCUT2D eigenvalue weighted by molar-refractivity contribution is 0.102. The van der Waals surface area contributed by atoms with Crippen LogP contribution in [0.2, 0.25) is 0 Å². The molecule has 0 aliphatic rings. The van der Waals surface area contributed by atoms with Crippen molar-refractivity contribution in [3.05, 3.63) is 31.1 Å². The van der Waals surface area contributed by atoms with Crippen molar-refractivity contribution < 1.29 is 9.53 Å². The number of aryl methyl sites for hydroxylation is 1. The number of nitrogens with zero attached hydrogens (tertiary/aromatic N) is 2. The average Bonchev–Trinajstić information content (AvgIpc) is 2.92. The second-order valence-corrected chi connectivity index (χ2v) is 6.66. The average molecular weight is 394 g/mol. The Labute approximate surface area is 125 Å². The van der Waals surface area contributed by atoms with Crippen molar-refractivity contribution in [2.45, 2.75) is 13.5 Å². The quantitative estimate of drug-likeness (QED) is 0.743. The summed E-state index contributed by atoms with van der Waals surface area (Å²) in [5, 5.41) is 4.13. The van der Waals surface area contributed by atoms with Gasteiger partial charge in [0.2, 0.25) is 5.78 Å². The van der Waals surface area contributed by atoms with Crippen LogP contribution >= 0.6 is 43.2 Å². The molecule has 0 aliphatic heterocycles. The molecule has 18 heavy (non-hydrogen) atoms. The van der Waals surface area contributed by atoms with Gasteiger partial charge in [-0.1, -0.05) is 0 Å². The molecule has 0 N–H and O–H groups in total. The van der Waals surface area contributed by atoms with Gasteiger partial charge in [-0.2, -0.15) is 5.10 Å². The molecule has 0 spiro atoms. The molecule has 0 aromatic carbocycles. The van der Waals surface area contributed by atoms with E-state index in [2.05, 4.69) is 37.0 Å². The Morgan fingerprint density at radius 3 is 2.78 bits per heavy atom. The second kappa shape index (κ2) is 5.54. The van der Waals surface area contributed by atoms with Crippen molar-refractivity contribution in [3.63, 3.8) is 0 Å². The van der Waals surface area contributed by atoms with Crippen LogP contribution < -0.4 is 4.74 Å². The molecule has 0 fully saturated rings. The minimum atomic E-state index is -0.0809. The Balaban J connectivity index is 2.47. The lowest BCUT2D eigenvalue weighted by Gasteiger charge is -2.04. The lowest BCUT2D eigenvalue weighted by atomic mass is 10.2. The summed E-state index contributed by atoms with van der Waals surface area (Å²) in [6, 6.07) is 1.80. The first kappa shape index (κ1) is 13.8. The van der Waals surface area contributed by atoms with E-state index in [-0.39, 0.29) is 5.78 Å². The smallest absolute Gasteiger partial charge is 0.224 e. The Kier molecular flexibility index (Phi) is 4.24. The van der Waals surface area contributed by atoms with E-state index in [4.69, 9.17) is 4.74 Å². The maximum atomic E-state index is 12.5. The summed E-state index contributed by atoms with van der Waals surface area (Å²) in [6.07, 6.45) is 1.56. The van der Waals surface area contributed by atoms with Crippen LogP contribution in [0.5, 0.6) is 5.75 Å². The zero-order valence-electron chi connectivity index (χ0n) is 9.74. The fourth-order valence-corrected chi connectivity index (χ4v) is 3.54. The molecule has 0 radical (unpaired) electrons.